The Morgan fingerprint density at radius 2 is 1.68 bits per heavy atom. The monoisotopic (exact) mass is 331 g/mol. The number of benzene rings is 2. The first-order valence-electron chi connectivity index (χ1n) is 5.27. The van der Waals surface area contributed by atoms with E-state index >= 15 is 0 Å². The van der Waals surface area contributed by atoms with Crippen LogP contribution in [-0.2, 0) is 6.18 Å². The molecule has 2 aromatic rings. The second kappa shape index (κ2) is 5.13. The first-order valence-corrected chi connectivity index (χ1v) is 6.06. The summed E-state index contributed by atoms with van der Waals surface area (Å²) >= 11 is 3.01. The third kappa shape index (κ3) is 3.20. The molecule has 19 heavy (non-hydrogen) atoms. The highest BCUT2D eigenvalue weighted by Crippen LogP contribution is 2.40. The zero-order chi connectivity index (χ0) is 14.0. The van der Waals surface area contributed by atoms with Crippen LogP contribution in [0.4, 0.5) is 18.9 Å². The minimum Gasteiger partial charge on any atom is -0.455 e. The lowest BCUT2D eigenvalue weighted by molar-refractivity contribution is -0.138. The number of alkyl halides is 3. The van der Waals surface area contributed by atoms with Crippen LogP contribution in [-0.4, -0.2) is 0 Å². The van der Waals surface area contributed by atoms with Crippen LogP contribution in [0, 0.1) is 0 Å². The standard InChI is InChI=1S/C13H9BrF3NO/c14-8-5-6-11(9(7-8)13(15,16)17)19-12-4-2-1-3-10(12)18/h1-7H,18H2. The fourth-order valence-electron chi connectivity index (χ4n) is 1.50. The van der Waals surface area contributed by atoms with Gasteiger partial charge in [-0.2, -0.15) is 13.2 Å². The molecule has 0 saturated carbocycles. The van der Waals surface area contributed by atoms with E-state index in [0.717, 1.165) is 6.07 Å². The van der Waals surface area contributed by atoms with Gasteiger partial charge >= 0.3 is 6.18 Å². The molecule has 0 fully saturated rings. The maximum absolute atomic E-state index is 12.9. The minimum atomic E-state index is -4.50. The topological polar surface area (TPSA) is 35.2 Å². The quantitative estimate of drug-likeness (QED) is 0.799. The van der Waals surface area contributed by atoms with Crippen molar-refractivity contribution in [2.45, 2.75) is 6.18 Å². The highest BCUT2D eigenvalue weighted by molar-refractivity contribution is 9.10. The van der Waals surface area contributed by atoms with E-state index in [2.05, 4.69) is 15.9 Å². The normalized spacial score (nSPS) is 11.4. The maximum Gasteiger partial charge on any atom is 0.420 e. The molecule has 2 nitrogen and oxygen atoms in total. The smallest absolute Gasteiger partial charge is 0.420 e. The Kier molecular flexibility index (Phi) is 3.71. The van der Waals surface area contributed by atoms with Gasteiger partial charge in [0, 0.05) is 4.47 Å². The van der Waals surface area contributed by atoms with Crippen LogP contribution in [0.5, 0.6) is 11.5 Å². The molecule has 0 unspecified atom stereocenters. The van der Waals surface area contributed by atoms with Crippen molar-refractivity contribution in [2.75, 3.05) is 5.73 Å². The van der Waals surface area contributed by atoms with E-state index in [-0.39, 0.29) is 17.2 Å². The third-order valence-corrected chi connectivity index (χ3v) is 2.88. The number of rotatable bonds is 2. The van der Waals surface area contributed by atoms with E-state index in [4.69, 9.17) is 10.5 Å². The van der Waals surface area contributed by atoms with Crippen molar-refractivity contribution in [1.82, 2.24) is 0 Å². The van der Waals surface area contributed by atoms with Gasteiger partial charge in [-0.3, -0.25) is 0 Å². The molecule has 0 aliphatic rings. The fraction of sp³-hybridized carbons (Fsp3) is 0.0769. The highest BCUT2D eigenvalue weighted by atomic mass is 79.9. The van der Waals surface area contributed by atoms with Gasteiger partial charge in [-0.05, 0) is 30.3 Å². The largest absolute Gasteiger partial charge is 0.455 e. The summed E-state index contributed by atoms with van der Waals surface area (Å²) in [4.78, 5) is 0. The van der Waals surface area contributed by atoms with Crippen molar-refractivity contribution in [3.05, 3.63) is 52.5 Å². The molecule has 2 aromatic carbocycles. The predicted molar refractivity (Wildman–Crippen MR) is 70.1 cm³/mol. The number of hydrogen-bond donors (Lipinski definition) is 1. The third-order valence-electron chi connectivity index (χ3n) is 2.39. The molecular weight excluding hydrogens is 323 g/mol. The molecule has 0 spiro atoms. The predicted octanol–water partition coefficient (Wildman–Crippen LogP) is 4.84. The molecular formula is C13H9BrF3NO. The second-order valence-corrected chi connectivity index (χ2v) is 4.69. The Morgan fingerprint density at radius 1 is 1.00 bits per heavy atom. The molecule has 0 radical (unpaired) electrons. The van der Waals surface area contributed by atoms with Crippen LogP contribution >= 0.6 is 15.9 Å². The fourth-order valence-corrected chi connectivity index (χ4v) is 1.87. The van der Waals surface area contributed by atoms with Gasteiger partial charge < -0.3 is 10.5 Å². The Labute approximate surface area is 116 Å². The summed E-state index contributed by atoms with van der Waals surface area (Å²) in [6.45, 7) is 0. The molecule has 0 amide bonds. The number of nitrogens with two attached hydrogens (primary N) is 1. The van der Waals surface area contributed by atoms with Gasteiger partial charge in [0.2, 0.25) is 0 Å². The average molecular weight is 332 g/mol. The molecule has 2 N–H and O–H groups in total. The minimum absolute atomic E-state index is 0.190. The summed E-state index contributed by atoms with van der Waals surface area (Å²) in [6, 6.07) is 10.1. The summed E-state index contributed by atoms with van der Waals surface area (Å²) in [6.07, 6.45) is -4.50. The summed E-state index contributed by atoms with van der Waals surface area (Å²) in [7, 11) is 0. The lowest BCUT2D eigenvalue weighted by Crippen LogP contribution is -2.07. The van der Waals surface area contributed by atoms with E-state index in [1.165, 1.54) is 18.2 Å². The van der Waals surface area contributed by atoms with Crippen LogP contribution in [0.25, 0.3) is 0 Å². The zero-order valence-electron chi connectivity index (χ0n) is 9.54. The molecule has 0 saturated heterocycles. The van der Waals surface area contributed by atoms with Gasteiger partial charge in [0.05, 0.1) is 11.3 Å². The van der Waals surface area contributed by atoms with Crippen LogP contribution in [0.15, 0.2) is 46.9 Å². The SMILES string of the molecule is Nc1ccccc1Oc1ccc(Br)cc1C(F)(F)F. The van der Waals surface area contributed by atoms with Crippen LogP contribution in [0.2, 0.25) is 0 Å². The lowest BCUT2D eigenvalue weighted by Gasteiger charge is -2.15. The van der Waals surface area contributed by atoms with Gasteiger partial charge in [0.15, 0.2) is 0 Å². The molecule has 0 aliphatic heterocycles. The summed E-state index contributed by atoms with van der Waals surface area (Å²) < 4.78 is 44.3. The first kappa shape index (κ1) is 13.7. The van der Waals surface area contributed by atoms with Crippen molar-refractivity contribution in [3.8, 4) is 11.5 Å². The first-order chi connectivity index (χ1) is 8.88. The van der Waals surface area contributed by atoms with Gasteiger partial charge in [0.1, 0.15) is 11.5 Å². The van der Waals surface area contributed by atoms with Crippen LogP contribution < -0.4 is 10.5 Å². The molecule has 0 aromatic heterocycles. The zero-order valence-corrected chi connectivity index (χ0v) is 11.1. The van der Waals surface area contributed by atoms with Crippen molar-refractivity contribution in [1.29, 1.82) is 0 Å². The summed E-state index contributed by atoms with van der Waals surface area (Å²) in [5, 5.41) is 0. The summed E-state index contributed by atoms with van der Waals surface area (Å²) in [5.41, 5.74) is 5.06. The van der Waals surface area contributed by atoms with Crippen LogP contribution in [0.3, 0.4) is 0 Å². The molecule has 100 valence electrons. The van der Waals surface area contributed by atoms with Gasteiger partial charge in [0.25, 0.3) is 0 Å². The molecule has 6 heteroatoms. The average Bonchev–Trinajstić information content (AvgIpc) is 2.33. The van der Waals surface area contributed by atoms with Gasteiger partial charge in [-0.25, -0.2) is 0 Å². The van der Waals surface area contributed by atoms with E-state index in [0.29, 0.717) is 4.47 Å². The van der Waals surface area contributed by atoms with Crippen molar-refractivity contribution >= 4 is 21.6 Å². The molecule has 0 atom stereocenters. The number of anilines is 1. The Hall–Kier alpha value is -1.69. The Morgan fingerprint density at radius 3 is 2.32 bits per heavy atom. The lowest BCUT2D eigenvalue weighted by atomic mass is 10.2. The maximum atomic E-state index is 12.9. The molecule has 2 rings (SSSR count). The molecule has 0 aliphatic carbocycles. The number of ether oxygens (including phenoxy) is 1. The number of halogens is 4. The van der Waals surface area contributed by atoms with Gasteiger partial charge in [-0.15, -0.1) is 0 Å². The van der Waals surface area contributed by atoms with E-state index in [1.54, 1.807) is 18.2 Å². The summed E-state index contributed by atoms with van der Waals surface area (Å²) in [5.74, 6) is -0.0936. The van der Waals surface area contributed by atoms with Crippen molar-refractivity contribution in [3.63, 3.8) is 0 Å². The van der Waals surface area contributed by atoms with Crippen molar-refractivity contribution in [2.24, 2.45) is 0 Å². The molecule has 0 heterocycles. The van der Waals surface area contributed by atoms with Crippen LogP contribution in [0.1, 0.15) is 5.56 Å². The van der Waals surface area contributed by atoms with Gasteiger partial charge in [-0.1, -0.05) is 28.1 Å². The highest BCUT2D eigenvalue weighted by Gasteiger charge is 2.34. The second-order valence-electron chi connectivity index (χ2n) is 3.78. The number of para-hydroxylation sites is 2. The van der Waals surface area contributed by atoms with E-state index < -0.39 is 11.7 Å². The number of hydrogen-bond acceptors (Lipinski definition) is 2. The van der Waals surface area contributed by atoms with Crippen molar-refractivity contribution < 1.29 is 17.9 Å². The van der Waals surface area contributed by atoms with E-state index in [9.17, 15) is 13.2 Å². The Balaban J connectivity index is 2.44. The molecule has 0 bridgehead atoms. The Bertz CT molecular complexity index is 599. The van der Waals surface area contributed by atoms with E-state index in [1.807, 2.05) is 0 Å². The number of nitrogen functional groups attached to an aromatic ring is 1.